The first-order valence-corrected chi connectivity index (χ1v) is 12.5. The molecule has 1 fully saturated rings. The summed E-state index contributed by atoms with van der Waals surface area (Å²) in [5.41, 5.74) is 0.330. The van der Waals surface area contributed by atoms with E-state index in [0.717, 1.165) is 36.2 Å². The molecular formula is C23H31F3N4O3S. The Labute approximate surface area is 201 Å². The first-order chi connectivity index (χ1) is 16.1. The van der Waals surface area contributed by atoms with Gasteiger partial charge in [0.2, 0.25) is 5.91 Å². The molecule has 3 heterocycles. The fourth-order valence-electron chi connectivity index (χ4n) is 4.49. The number of aromatic nitrogens is 2. The number of carbonyl (C=O) groups excluding carboxylic acids is 1. The lowest BCUT2D eigenvalue weighted by Crippen LogP contribution is -2.43. The molecule has 0 atom stereocenters. The molecule has 0 unspecified atom stereocenters. The van der Waals surface area contributed by atoms with Gasteiger partial charge in [0.1, 0.15) is 11.4 Å². The van der Waals surface area contributed by atoms with E-state index in [1.807, 2.05) is 0 Å². The summed E-state index contributed by atoms with van der Waals surface area (Å²) in [4.78, 5) is 19.8. The number of nitrogens with one attached hydrogen (secondary N) is 1. The maximum absolute atomic E-state index is 15.4. The third-order valence-corrected chi connectivity index (χ3v) is 7.44. The van der Waals surface area contributed by atoms with Crippen molar-refractivity contribution in [3.05, 3.63) is 28.1 Å². The Bertz CT molecular complexity index is 983. The molecule has 188 valence electrons. The molecule has 4 rings (SSSR count). The number of halogens is 3. The van der Waals surface area contributed by atoms with Gasteiger partial charge in [-0.05, 0) is 45.4 Å². The zero-order valence-electron chi connectivity index (χ0n) is 19.5. The van der Waals surface area contributed by atoms with E-state index in [0.29, 0.717) is 51.0 Å². The first-order valence-electron chi connectivity index (χ1n) is 11.7. The molecule has 0 aromatic carbocycles. The van der Waals surface area contributed by atoms with Crippen LogP contribution >= 0.6 is 11.3 Å². The predicted octanol–water partition coefficient (Wildman–Crippen LogP) is 4.23. The quantitative estimate of drug-likeness (QED) is 0.555. The lowest BCUT2D eigenvalue weighted by atomic mass is 9.81. The van der Waals surface area contributed by atoms with Crippen molar-refractivity contribution in [3.63, 3.8) is 0 Å². The Morgan fingerprint density at radius 1 is 1.41 bits per heavy atom. The molecule has 1 aliphatic heterocycles. The number of carbonyl (C=O) groups is 1. The van der Waals surface area contributed by atoms with Gasteiger partial charge in [-0.25, -0.2) is 18.2 Å². The number of hydrogen-bond acceptors (Lipinski definition) is 7. The highest BCUT2D eigenvalue weighted by atomic mass is 32.1. The van der Waals surface area contributed by atoms with Crippen LogP contribution in [0, 0.1) is 6.92 Å². The average Bonchev–Trinajstić information content (AvgIpc) is 3.37. The summed E-state index contributed by atoms with van der Waals surface area (Å²) in [7, 11) is 0. The van der Waals surface area contributed by atoms with Gasteiger partial charge < -0.3 is 14.6 Å². The highest BCUT2D eigenvalue weighted by Gasteiger charge is 2.36. The third kappa shape index (κ3) is 6.94. The highest BCUT2D eigenvalue weighted by Crippen LogP contribution is 2.36. The molecule has 0 bridgehead atoms. The SMILES string of the molecule is Cc1cc(CC(=O)N[C@H]2CC[C@](F)(CCN3CCc4sc(OCC(C)(F)F)nc4C3)CC2)on1. The number of amides is 1. The highest BCUT2D eigenvalue weighted by molar-refractivity contribution is 7.13. The van der Waals surface area contributed by atoms with Crippen LogP contribution in [0.15, 0.2) is 10.6 Å². The molecule has 34 heavy (non-hydrogen) atoms. The maximum Gasteiger partial charge on any atom is 0.278 e. The topological polar surface area (TPSA) is 80.5 Å². The molecule has 7 nitrogen and oxygen atoms in total. The van der Waals surface area contributed by atoms with Crippen LogP contribution in [0.5, 0.6) is 5.19 Å². The Balaban J connectivity index is 1.19. The molecule has 2 aromatic rings. The number of rotatable bonds is 9. The number of nitrogens with zero attached hydrogens (tertiary/aromatic N) is 3. The van der Waals surface area contributed by atoms with E-state index >= 15 is 4.39 Å². The van der Waals surface area contributed by atoms with Crippen LogP contribution in [-0.2, 0) is 24.2 Å². The van der Waals surface area contributed by atoms with Gasteiger partial charge >= 0.3 is 0 Å². The van der Waals surface area contributed by atoms with Gasteiger partial charge in [0.05, 0.1) is 17.8 Å². The van der Waals surface area contributed by atoms with Crippen molar-refractivity contribution in [2.45, 2.75) is 83.0 Å². The minimum Gasteiger partial charge on any atom is -0.464 e. The summed E-state index contributed by atoms with van der Waals surface area (Å²) in [6, 6.07) is 1.71. The van der Waals surface area contributed by atoms with Gasteiger partial charge in [0.15, 0.2) is 6.61 Å². The molecule has 1 N–H and O–H groups in total. The van der Waals surface area contributed by atoms with Gasteiger partial charge in [-0.15, -0.1) is 0 Å². The largest absolute Gasteiger partial charge is 0.464 e. The summed E-state index contributed by atoms with van der Waals surface area (Å²) in [5.74, 6) is -2.51. The van der Waals surface area contributed by atoms with Gasteiger partial charge in [-0.2, -0.15) is 0 Å². The van der Waals surface area contributed by atoms with Crippen molar-refractivity contribution in [3.8, 4) is 5.19 Å². The Morgan fingerprint density at radius 3 is 2.85 bits per heavy atom. The van der Waals surface area contributed by atoms with Crippen LogP contribution in [0.3, 0.4) is 0 Å². The molecule has 1 aliphatic carbocycles. The zero-order chi connectivity index (χ0) is 24.3. The van der Waals surface area contributed by atoms with Crippen LogP contribution in [0.4, 0.5) is 13.2 Å². The summed E-state index contributed by atoms with van der Waals surface area (Å²) in [5, 5.41) is 7.04. The molecule has 1 saturated carbocycles. The Hall–Kier alpha value is -2.14. The normalized spacial score (nSPS) is 23.5. The Kier molecular flexibility index (Phi) is 7.51. The van der Waals surface area contributed by atoms with E-state index in [1.165, 1.54) is 11.3 Å². The maximum atomic E-state index is 15.4. The summed E-state index contributed by atoms with van der Waals surface area (Å²) in [6.45, 7) is 3.90. The van der Waals surface area contributed by atoms with E-state index in [4.69, 9.17) is 9.26 Å². The van der Waals surface area contributed by atoms with Crippen LogP contribution in [0.1, 0.15) is 61.1 Å². The number of hydrogen-bond donors (Lipinski definition) is 1. The van der Waals surface area contributed by atoms with E-state index < -0.39 is 18.2 Å². The third-order valence-electron chi connectivity index (χ3n) is 6.37. The summed E-state index contributed by atoms with van der Waals surface area (Å²) in [6.07, 6.45) is 3.37. The molecule has 1 amide bonds. The second-order valence-corrected chi connectivity index (χ2v) is 10.6. The minimum absolute atomic E-state index is 0.0261. The van der Waals surface area contributed by atoms with Crippen molar-refractivity contribution < 1.29 is 27.2 Å². The molecule has 0 saturated heterocycles. The van der Waals surface area contributed by atoms with Crippen LogP contribution in [0.2, 0.25) is 0 Å². The summed E-state index contributed by atoms with van der Waals surface area (Å²) >= 11 is 1.32. The smallest absolute Gasteiger partial charge is 0.278 e. The fraction of sp³-hybridized carbons (Fsp3) is 0.696. The standard InChI is InChI=1S/C23H31F3N4O3S/c1-15-11-17(33-29-15)12-20(31)27-16-3-6-23(26,7-4-16)8-10-30-9-5-19-18(13-30)28-21(34-19)32-14-22(2,24)25/h11,16H,3-10,12-14H2,1-2H3,(H,27,31)/t16-,23+. The Morgan fingerprint density at radius 2 is 2.18 bits per heavy atom. The van der Waals surface area contributed by atoms with Gasteiger partial charge in [-0.3, -0.25) is 9.69 Å². The van der Waals surface area contributed by atoms with Crippen molar-refractivity contribution in [1.29, 1.82) is 0 Å². The molecule has 0 spiro atoms. The summed E-state index contributed by atoms with van der Waals surface area (Å²) < 4.78 is 51.7. The number of fused-ring (bicyclic) bond motifs is 1. The number of aryl methyl sites for hydroxylation is 1. The van der Waals surface area contributed by atoms with Crippen molar-refractivity contribution in [2.75, 3.05) is 19.7 Å². The molecule has 0 radical (unpaired) electrons. The molecule has 11 heteroatoms. The monoisotopic (exact) mass is 500 g/mol. The predicted molar refractivity (Wildman–Crippen MR) is 121 cm³/mol. The van der Waals surface area contributed by atoms with Crippen molar-refractivity contribution in [1.82, 2.24) is 20.4 Å². The van der Waals surface area contributed by atoms with Gasteiger partial charge in [-0.1, -0.05) is 16.5 Å². The van der Waals surface area contributed by atoms with E-state index in [2.05, 4.69) is 20.4 Å². The zero-order valence-corrected chi connectivity index (χ0v) is 20.4. The number of ether oxygens (including phenoxy) is 1. The lowest BCUT2D eigenvalue weighted by molar-refractivity contribution is -0.121. The first kappa shape index (κ1) is 25.0. The van der Waals surface area contributed by atoms with Gasteiger partial charge in [0.25, 0.3) is 11.1 Å². The van der Waals surface area contributed by atoms with Gasteiger partial charge in [0, 0.05) is 43.5 Å². The van der Waals surface area contributed by atoms with Crippen LogP contribution in [0.25, 0.3) is 0 Å². The number of thiazole rings is 1. The average molecular weight is 501 g/mol. The second-order valence-electron chi connectivity index (χ2n) is 9.59. The van der Waals surface area contributed by atoms with Crippen molar-refractivity contribution >= 4 is 17.2 Å². The second kappa shape index (κ2) is 10.2. The molecule has 2 aromatic heterocycles. The molecular weight excluding hydrogens is 469 g/mol. The van der Waals surface area contributed by atoms with E-state index in [9.17, 15) is 13.6 Å². The fourth-order valence-corrected chi connectivity index (χ4v) is 5.40. The molecule has 2 aliphatic rings. The minimum atomic E-state index is -2.90. The van der Waals surface area contributed by atoms with E-state index in [1.54, 1.807) is 13.0 Å². The van der Waals surface area contributed by atoms with E-state index in [-0.39, 0.29) is 23.6 Å². The van der Waals surface area contributed by atoms with Crippen LogP contribution < -0.4 is 10.1 Å². The van der Waals surface area contributed by atoms with Crippen LogP contribution in [-0.4, -0.2) is 58.3 Å². The lowest BCUT2D eigenvalue weighted by Gasteiger charge is -2.36. The van der Waals surface area contributed by atoms with Crippen molar-refractivity contribution in [2.24, 2.45) is 0 Å². The number of alkyl halides is 3.